The van der Waals surface area contributed by atoms with Crippen molar-refractivity contribution in [2.24, 2.45) is 5.92 Å². The SMILES string of the molecule is CC(C)CNCC(CCOC(C)C)c1ccc(Cl)cc1. The predicted molar refractivity (Wildman–Crippen MR) is 87.6 cm³/mol. The number of hydrogen-bond donors (Lipinski definition) is 1. The molecule has 0 radical (unpaired) electrons. The molecular formula is C17H28ClNO. The number of rotatable bonds is 9. The van der Waals surface area contributed by atoms with Crippen molar-refractivity contribution in [2.75, 3.05) is 19.7 Å². The molecule has 0 saturated heterocycles. The Hall–Kier alpha value is -0.570. The third-order valence-corrected chi connectivity index (χ3v) is 3.45. The zero-order valence-electron chi connectivity index (χ0n) is 13.2. The molecule has 0 fully saturated rings. The molecule has 0 aromatic heterocycles. The lowest BCUT2D eigenvalue weighted by Gasteiger charge is -2.20. The highest BCUT2D eigenvalue weighted by atomic mass is 35.5. The van der Waals surface area contributed by atoms with E-state index in [0.29, 0.717) is 17.9 Å². The summed E-state index contributed by atoms with van der Waals surface area (Å²) in [5.74, 6) is 1.15. The summed E-state index contributed by atoms with van der Waals surface area (Å²) in [4.78, 5) is 0. The maximum absolute atomic E-state index is 5.97. The maximum atomic E-state index is 5.97. The molecule has 3 heteroatoms. The Morgan fingerprint density at radius 2 is 1.70 bits per heavy atom. The van der Waals surface area contributed by atoms with Crippen LogP contribution in [0.2, 0.25) is 5.02 Å². The van der Waals surface area contributed by atoms with Crippen LogP contribution in [-0.2, 0) is 4.74 Å². The van der Waals surface area contributed by atoms with E-state index in [2.05, 4.69) is 45.1 Å². The lowest BCUT2D eigenvalue weighted by Crippen LogP contribution is -2.26. The van der Waals surface area contributed by atoms with Crippen LogP contribution < -0.4 is 5.32 Å². The third-order valence-electron chi connectivity index (χ3n) is 3.20. The number of nitrogens with one attached hydrogen (secondary N) is 1. The van der Waals surface area contributed by atoms with E-state index in [0.717, 1.165) is 31.1 Å². The lowest BCUT2D eigenvalue weighted by molar-refractivity contribution is 0.0732. The number of hydrogen-bond acceptors (Lipinski definition) is 2. The van der Waals surface area contributed by atoms with Crippen molar-refractivity contribution in [3.8, 4) is 0 Å². The van der Waals surface area contributed by atoms with Gasteiger partial charge in [-0.3, -0.25) is 0 Å². The fraction of sp³-hybridized carbons (Fsp3) is 0.647. The van der Waals surface area contributed by atoms with E-state index in [1.54, 1.807) is 0 Å². The molecule has 0 bridgehead atoms. The average Bonchev–Trinajstić information content (AvgIpc) is 2.37. The predicted octanol–water partition coefficient (Wildman–Crippen LogP) is 4.48. The van der Waals surface area contributed by atoms with E-state index in [1.807, 2.05) is 12.1 Å². The second kappa shape index (κ2) is 9.38. The molecule has 114 valence electrons. The van der Waals surface area contributed by atoms with Gasteiger partial charge in [0, 0.05) is 18.2 Å². The van der Waals surface area contributed by atoms with Gasteiger partial charge in [0.25, 0.3) is 0 Å². The van der Waals surface area contributed by atoms with Crippen LogP contribution >= 0.6 is 11.6 Å². The Morgan fingerprint density at radius 3 is 2.25 bits per heavy atom. The second-order valence-electron chi connectivity index (χ2n) is 6.01. The van der Waals surface area contributed by atoms with Gasteiger partial charge >= 0.3 is 0 Å². The van der Waals surface area contributed by atoms with Crippen LogP contribution in [0.3, 0.4) is 0 Å². The van der Waals surface area contributed by atoms with Crippen molar-refractivity contribution in [1.82, 2.24) is 5.32 Å². The first-order chi connectivity index (χ1) is 9.49. The standard InChI is InChI=1S/C17H28ClNO/c1-13(2)11-19-12-16(9-10-20-14(3)4)15-5-7-17(18)8-6-15/h5-8,13-14,16,19H,9-12H2,1-4H3. The highest BCUT2D eigenvalue weighted by molar-refractivity contribution is 6.30. The molecule has 1 N–H and O–H groups in total. The number of halogens is 1. The molecule has 0 aliphatic heterocycles. The minimum absolute atomic E-state index is 0.296. The molecule has 1 aromatic carbocycles. The third kappa shape index (κ3) is 7.28. The summed E-state index contributed by atoms with van der Waals surface area (Å²) in [6.07, 6.45) is 1.33. The van der Waals surface area contributed by atoms with Crippen molar-refractivity contribution < 1.29 is 4.74 Å². The smallest absolute Gasteiger partial charge is 0.0518 e. The molecule has 1 atom stereocenters. The van der Waals surface area contributed by atoms with Gasteiger partial charge in [-0.05, 0) is 56.3 Å². The fourth-order valence-electron chi connectivity index (χ4n) is 2.11. The van der Waals surface area contributed by atoms with Crippen molar-refractivity contribution in [3.05, 3.63) is 34.9 Å². The zero-order chi connectivity index (χ0) is 15.0. The Bertz CT molecular complexity index is 348. The maximum Gasteiger partial charge on any atom is 0.0518 e. The summed E-state index contributed by atoms with van der Waals surface area (Å²) < 4.78 is 5.69. The van der Waals surface area contributed by atoms with Crippen LogP contribution in [0.15, 0.2) is 24.3 Å². The molecule has 0 aliphatic rings. The van der Waals surface area contributed by atoms with Gasteiger partial charge in [0.1, 0.15) is 0 Å². The van der Waals surface area contributed by atoms with Gasteiger partial charge in [-0.1, -0.05) is 37.6 Å². The molecule has 0 saturated carbocycles. The zero-order valence-corrected chi connectivity index (χ0v) is 13.9. The number of benzene rings is 1. The molecule has 0 amide bonds. The lowest BCUT2D eigenvalue weighted by atomic mass is 9.96. The first kappa shape index (κ1) is 17.5. The fourth-order valence-corrected chi connectivity index (χ4v) is 2.24. The van der Waals surface area contributed by atoms with Gasteiger partial charge in [0.05, 0.1) is 6.10 Å². The van der Waals surface area contributed by atoms with Crippen LogP contribution in [-0.4, -0.2) is 25.8 Å². The minimum atomic E-state index is 0.296. The van der Waals surface area contributed by atoms with Gasteiger partial charge in [0.15, 0.2) is 0 Å². The van der Waals surface area contributed by atoms with Crippen LogP contribution in [0, 0.1) is 5.92 Å². The van der Waals surface area contributed by atoms with Gasteiger partial charge in [-0.2, -0.15) is 0 Å². The summed E-state index contributed by atoms with van der Waals surface area (Å²) in [5, 5.41) is 4.34. The summed E-state index contributed by atoms with van der Waals surface area (Å²) in [7, 11) is 0. The van der Waals surface area contributed by atoms with E-state index in [1.165, 1.54) is 5.56 Å². The van der Waals surface area contributed by atoms with Gasteiger partial charge in [-0.15, -0.1) is 0 Å². The van der Waals surface area contributed by atoms with Gasteiger partial charge in [-0.25, -0.2) is 0 Å². The van der Waals surface area contributed by atoms with E-state index in [4.69, 9.17) is 16.3 Å². The highest BCUT2D eigenvalue weighted by Crippen LogP contribution is 2.21. The van der Waals surface area contributed by atoms with Crippen molar-refractivity contribution >= 4 is 11.6 Å². The molecule has 1 aromatic rings. The molecule has 1 unspecified atom stereocenters. The molecule has 1 rings (SSSR count). The molecule has 20 heavy (non-hydrogen) atoms. The van der Waals surface area contributed by atoms with Gasteiger partial charge < -0.3 is 10.1 Å². The molecule has 0 heterocycles. The largest absolute Gasteiger partial charge is 0.379 e. The van der Waals surface area contributed by atoms with E-state index in [9.17, 15) is 0 Å². The van der Waals surface area contributed by atoms with Crippen LogP contribution in [0.4, 0.5) is 0 Å². The quantitative estimate of drug-likeness (QED) is 0.725. The molecular weight excluding hydrogens is 270 g/mol. The van der Waals surface area contributed by atoms with E-state index in [-0.39, 0.29) is 0 Å². The Labute approximate surface area is 128 Å². The van der Waals surface area contributed by atoms with Crippen LogP contribution in [0.25, 0.3) is 0 Å². The summed E-state index contributed by atoms with van der Waals surface area (Å²) >= 11 is 5.97. The van der Waals surface area contributed by atoms with Crippen molar-refractivity contribution in [3.63, 3.8) is 0 Å². The molecule has 2 nitrogen and oxygen atoms in total. The van der Waals surface area contributed by atoms with Crippen molar-refractivity contribution in [1.29, 1.82) is 0 Å². The summed E-state index contributed by atoms with van der Waals surface area (Å²) in [6, 6.07) is 8.18. The van der Waals surface area contributed by atoms with E-state index >= 15 is 0 Å². The Kier molecular flexibility index (Phi) is 8.20. The highest BCUT2D eigenvalue weighted by Gasteiger charge is 2.12. The topological polar surface area (TPSA) is 21.3 Å². The second-order valence-corrected chi connectivity index (χ2v) is 6.45. The monoisotopic (exact) mass is 297 g/mol. The summed E-state index contributed by atoms with van der Waals surface area (Å²) in [5.41, 5.74) is 1.33. The van der Waals surface area contributed by atoms with Crippen LogP contribution in [0.5, 0.6) is 0 Å². The van der Waals surface area contributed by atoms with Gasteiger partial charge in [0.2, 0.25) is 0 Å². The molecule has 0 spiro atoms. The number of ether oxygens (including phenoxy) is 1. The first-order valence-corrected chi connectivity index (χ1v) is 7.94. The van der Waals surface area contributed by atoms with Crippen molar-refractivity contribution in [2.45, 2.75) is 46.1 Å². The Morgan fingerprint density at radius 1 is 1.05 bits per heavy atom. The summed E-state index contributed by atoms with van der Waals surface area (Å²) in [6.45, 7) is 11.5. The van der Waals surface area contributed by atoms with E-state index < -0.39 is 0 Å². The first-order valence-electron chi connectivity index (χ1n) is 7.56. The Balaban J connectivity index is 2.55. The van der Waals surface area contributed by atoms with Crippen LogP contribution in [0.1, 0.15) is 45.6 Å². The normalized spacial score (nSPS) is 13.2. The molecule has 0 aliphatic carbocycles. The average molecular weight is 298 g/mol. The minimum Gasteiger partial charge on any atom is -0.379 e.